The summed E-state index contributed by atoms with van der Waals surface area (Å²) in [5, 5.41) is 2.72. The lowest BCUT2D eigenvalue weighted by Gasteiger charge is -2.11. The molecule has 0 unspecified atom stereocenters. The predicted octanol–water partition coefficient (Wildman–Crippen LogP) is 2.88. The molecule has 2 rings (SSSR count). The number of hydrogen-bond donors (Lipinski definition) is 1. The number of hydrogen-bond acceptors (Lipinski definition) is 3. The zero-order valence-electron chi connectivity index (χ0n) is 10.6. The number of anilines is 1. The van der Waals surface area contributed by atoms with Crippen LogP contribution in [0.15, 0.2) is 55.4 Å². The van der Waals surface area contributed by atoms with Crippen LogP contribution in [0.1, 0.15) is 0 Å². The molecule has 1 amide bonds. The topological polar surface area (TPSA) is 51.2 Å². The van der Waals surface area contributed by atoms with Gasteiger partial charge in [0, 0.05) is 12.4 Å². The quantitative estimate of drug-likeness (QED) is 0.853. The lowest BCUT2D eigenvalue weighted by Crippen LogP contribution is -2.08. The molecule has 96 valence electrons. The highest BCUT2D eigenvalue weighted by atomic mass is 16.5. The van der Waals surface area contributed by atoms with Gasteiger partial charge >= 0.3 is 0 Å². The van der Waals surface area contributed by atoms with Crippen molar-refractivity contribution in [2.75, 3.05) is 12.4 Å². The molecule has 1 aromatic carbocycles. The fraction of sp³-hybridized carbons (Fsp3) is 0.0667. The van der Waals surface area contributed by atoms with Crippen LogP contribution in [-0.4, -0.2) is 18.0 Å². The second-order valence-corrected chi connectivity index (χ2v) is 3.84. The maximum absolute atomic E-state index is 11.4. The summed E-state index contributed by atoms with van der Waals surface area (Å²) >= 11 is 0. The number of benzene rings is 1. The van der Waals surface area contributed by atoms with E-state index in [1.807, 2.05) is 30.3 Å². The summed E-state index contributed by atoms with van der Waals surface area (Å²) in [5.41, 5.74) is 2.61. The summed E-state index contributed by atoms with van der Waals surface area (Å²) in [5.74, 6) is 0.332. The molecule has 0 radical (unpaired) electrons. The Morgan fingerprint density at radius 2 is 2.00 bits per heavy atom. The third-order valence-electron chi connectivity index (χ3n) is 2.66. The number of nitrogens with zero attached hydrogens (tertiary/aromatic N) is 1. The van der Waals surface area contributed by atoms with Gasteiger partial charge in [-0.05, 0) is 41.5 Å². The standard InChI is InChI=1S/C15H14N2O2/c1-3-15(18)17-13-10-12(4-5-14(13)19-2)11-6-8-16-9-7-11/h3-10H,1H2,2H3,(H,17,18). The molecule has 0 saturated heterocycles. The third-order valence-corrected chi connectivity index (χ3v) is 2.66. The molecule has 0 atom stereocenters. The van der Waals surface area contributed by atoms with Gasteiger partial charge in [0.05, 0.1) is 12.8 Å². The van der Waals surface area contributed by atoms with Crippen molar-refractivity contribution in [1.82, 2.24) is 4.98 Å². The smallest absolute Gasteiger partial charge is 0.247 e. The number of rotatable bonds is 4. The van der Waals surface area contributed by atoms with Crippen LogP contribution in [-0.2, 0) is 4.79 Å². The van der Waals surface area contributed by atoms with Crippen LogP contribution < -0.4 is 10.1 Å². The number of aromatic nitrogens is 1. The Morgan fingerprint density at radius 3 is 2.63 bits per heavy atom. The molecule has 0 spiro atoms. The number of carbonyl (C=O) groups excluding carboxylic acids is 1. The Labute approximate surface area is 111 Å². The van der Waals surface area contributed by atoms with Crippen molar-refractivity contribution in [3.63, 3.8) is 0 Å². The molecular formula is C15H14N2O2. The van der Waals surface area contributed by atoms with Crippen molar-refractivity contribution >= 4 is 11.6 Å². The molecule has 1 aromatic heterocycles. The highest BCUT2D eigenvalue weighted by molar-refractivity contribution is 6.00. The number of ether oxygens (including phenoxy) is 1. The van der Waals surface area contributed by atoms with Gasteiger partial charge in [-0.3, -0.25) is 9.78 Å². The molecule has 2 aromatic rings. The van der Waals surface area contributed by atoms with Crippen LogP contribution in [0, 0.1) is 0 Å². The van der Waals surface area contributed by atoms with E-state index in [0.29, 0.717) is 11.4 Å². The summed E-state index contributed by atoms with van der Waals surface area (Å²) in [7, 11) is 1.56. The Balaban J connectivity index is 2.41. The SMILES string of the molecule is C=CC(=O)Nc1cc(-c2ccncc2)ccc1OC. The van der Waals surface area contributed by atoms with E-state index in [2.05, 4.69) is 16.9 Å². The van der Waals surface area contributed by atoms with Crippen molar-refractivity contribution in [2.24, 2.45) is 0 Å². The molecule has 19 heavy (non-hydrogen) atoms. The van der Waals surface area contributed by atoms with Gasteiger partial charge in [-0.15, -0.1) is 0 Å². The van der Waals surface area contributed by atoms with E-state index >= 15 is 0 Å². The van der Waals surface area contributed by atoms with Crippen LogP contribution in [0.4, 0.5) is 5.69 Å². The number of nitrogens with one attached hydrogen (secondary N) is 1. The van der Waals surface area contributed by atoms with Crippen molar-refractivity contribution in [3.05, 3.63) is 55.4 Å². The summed E-state index contributed by atoms with van der Waals surface area (Å²) in [6.45, 7) is 3.43. The first-order valence-electron chi connectivity index (χ1n) is 5.76. The second-order valence-electron chi connectivity index (χ2n) is 3.84. The van der Waals surface area contributed by atoms with E-state index < -0.39 is 0 Å². The van der Waals surface area contributed by atoms with Crippen LogP contribution in [0.25, 0.3) is 11.1 Å². The van der Waals surface area contributed by atoms with Crippen LogP contribution >= 0.6 is 0 Å². The molecule has 4 heteroatoms. The van der Waals surface area contributed by atoms with E-state index in [-0.39, 0.29) is 5.91 Å². The zero-order chi connectivity index (χ0) is 13.7. The number of amides is 1. The Hall–Kier alpha value is -2.62. The monoisotopic (exact) mass is 254 g/mol. The third kappa shape index (κ3) is 2.98. The van der Waals surface area contributed by atoms with Gasteiger partial charge in [-0.1, -0.05) is 12.6 Å². The molecule has 0 aliphatic carbocycles. The summed E-state index contributed by atoms with van der Waals surface area (Å²) in [6, 6.07) is 9.41. The van der Waals surface area contributed by atoms with Crippen LogP contribution in [0.3, 0.4) is 0 Å². The predicted molar refractivity (Wildman–Crippen MR) is 75.1 cm³/mol. The van der Waals surface area contributed by atoms with E-state index in [4.69, 9.17) is 4.74 Å². The minimum atomic E-state index is -0.273. The number of pyridine rings is 1. The summed E-state index contributed by atoms with van der Waals surface area (Å²) < 4.78 is 5.22. The van der Waals surface area contributed by atoms with E-state index in [9.17, 15) is 4.79 Å². The highest BCUT2D eigenvalue weighted by Crippen LogP contribution is 2.30. The van der Waals surface area contributed by atoms with Crippen molar-refractivity contribution in [1.29, 1.82) is 0 Å². The van der Waals surface area contributed by atoms with Gasteiger partial charge < -0.3 is 10.1 Å². The molecule has 0 fully saturated rings. The lowest BCUT2D eigenvalue weighted by atomic mass is 10.1. The van der Waals surface area contributed by atoms with Gasteiger partial charge in [0.15, 0.2) is 0 Å². The van der Waals surface area contributed by atoms with Crippen LogP contribution in [0.5, 0.6) is 5.75 Å². The molecular weight excluding hydrogens is 240 g/mol. The normalized spacial score (nSPS) is 9.74. The molecule has 0 aliphatic heterocycles. The minimum Gasteiger partial charge on any atom is -0.495 e. The number of carbonyl (C=O) groups is 1. The van der Waals surface area contributed by atoms with E-state index in [0.717, 1.165) is 11.1 Å². The first-order valence-corrected chi connectivity index (χ1v) is 5.76. The van der Waals surface area contributed by atoms with Gasteiger partial charge in [0.25, 0.3) is 0 Å². The van der Waals surface area contributed by atoms with Crippen molar-refractivity contribution < 1.29 is 9.53 Å². The lowest BCUT2D eigenvalue weighted by molar-refractivity contribution is -0.111. The van der Waals surface area contributed by atoms with E-state index in [1.165, 1.54) is 6.08 Å². The maximum atomic E-state index is 11.4. The largest absolute Gasteiger partial charge is 0.495 e. The Kier molecular flexibility index (Phi) is 3.93. The Bertz CT molecular complexity index is 594. The fourth-order valence-corrected chi connectivity index (χ4v) is 1.71. The van der Waals surface area contributed by atoms with Gasteiger partial charge in [0.1, 0.15) is 5.75 Å². The van der Waals surface area contributed by atoms with Gasteiger partial charge in [0.2, 0.25) is 5.91 Å². The number of methoxy groups -OCH3 is 1. The average Bonchev–Trinajstić information content (AvgIpc) is 2.48. The van der Waals surface area contributed by atoms with Crippen molar-refractivity contribution in [2.45, 2.75) is 0 Å². The zero-order valence-corrected chi connectivity index (χ0v) is 10.6. The van der Waals surface area contributed by atoms with Crippen molar-refractivity contribution in [3.8, 4) is 16.9 Å². The second kappa shape index (κ2) is 5.82. The van der Waals surface area contributed by atoms with Crippen LogP contribution in [0.2, 0.25) is 0 Å². The first-order chi connectivity index (χ1) is 9.24. The highest BCUT2D eigenvalue weighted by Gasteiger charge is 2.07. The molecule has 1 heterocycles. The Morgan fingerprint density at radius 1 is 1.26 bits per heavy atom. The molecule has 0 bridgehead atoms. The average molecular weight is 254 g/mol. The molecule has 4 nitrogen and oxygen atoms in total. The van der Waals surface area contributed by atoms with E-state index in [1.54, 1.807) is 19.5 Å². The van der Waals surface area contributed by atoms with Gasteiger partial charge in [-0.25, -0.2) is 0 Å². The molecule has 0 aliphatic rings. The molecule has 0 saturated carbocycles. The molecule has 1 N–H and O–H groups in total. The maximum Gasteiger partial charge on any atom is 0.247 e. The fourth-order valence-electron chi connectivity index (χ4n) is 1.71. The summed E-state index contributed by atoms with van der Waals surface area (Å²) in [4.78, 5) is 15.4. The first kappa shape index (κ1) is 12.8. The minimum absolute atomic E-state index is 0.273. The van der Waals surface area contributed by atoms with Gasteiger partial charge in [-0.2, -0.15) is 0 Å². The summed E-state index contributed by atoms with van der Waals surface area (Å²) in [6.07, 6.45) is 4.67.